The highest BCUT2D eigenvalue weighted by molar-refractivity contribution is 6.47. The van der Waals surface area contributed by atoms with Gasteiger partial charge in [0.1, 0.15) is 11.7 Å². The Morgan fingerprint density at radius 1 is 0.976 bits per heavy atom. The molecule has 2 amide bonds. The van der Waals surface area contributed by atoms with Crippen molar-refractivity contribution in [2.24, 2.45) is 5.92 Å². The van der Waals surface area contributed by atoms with Gasteiger partial charge in [0, 0.05) is 25.4 Å². The maximum absolute atomic E-state index is 13.7. The van der Waals surface area contributed by atoms with Crippen LogP contribution in [-0.4, -0.2) is 58.6 Å². The quantitative estimate of drug-likeness (QED) is 0.238. The lowest BCUT2D eigenvalue weighted by atomic mass is 9.73. The molecule has 216 valence electrons. The Labute approximate surface area is 241 Å². The first-order chi connectivity index (χ1) is 19.7. The topological polar surface area (TPSA) is 140 Å². The molecule has 11 heteroatoms. The van der Waals surface area contributed by atoms with Gasteiger partial charge in [0.05, 0.1) is 23.8 Å². The van der Waals surface area contributed by atoms with E-state index in [-0.39, 0.29) is 29.5 Å². The van der Waals surface area contributed by atoms with Crippen LogP contribution in [0.2, 0.25) is 0 Å². The minimum Gasteiger partial charge on any atom is -0.478 e. The predicted molar refractivity (Wildman–Crippen MR) is 155 cm³/mol. The lowest BCUT2D eigenvalue weighted by Crippen LogP contribution is -2.56. The van der Waals surface area contributed by atoms with Crippen molar-refractivity contribution < 1.29 is 28.8 Å². The van der Waals surface area contributed by atoms with Crippen LogP contribution in [0.1, 0.15) is 72.2 Å². The number of amides is 2. The molecule has 0 spiro atoms. The summed E-state index contributed by atoms with van der Waals surface area (Å²) in [5.41, 5.74) is 1.94. The van der Waals surface area contributed by atoms with E-state index in [1.165, 1.54) is 30.7 Å². The van der Waals surface area contributed by atoms with Crippen LogP contribution < -0.4 is 10.6 Å². The molecule has 1 heterocycles. The van der Waals surface area contributed by atoms with E-state index in [9.17, 15) is 19.5 Å². The average molecular weight is 560 g/mol. The Morgan fingerprint density at radius 2 is 1.68 bits per heavy atom. The number of rotatable bonds is 15. The Hall–Kier alpha value is -4.09. The number of nitrogens with one attached hydrogen (secondary N) is 2. The van der Waals surface area contributed by atoms with Gasteiger partial charge in [-0.15, -0.1) is 0 Å². The summed E-state index contributed by atoms with van der Waals surface area (Å²) in [4.78, 5) is 45.9. The van der Waals surface area contributed by atoms with Gasteiger partial charge in [-0.1, -0.05) is 56.3 Å². The normalized spacial score (nSPS) is 13.2. The van der Waals surface area contributed by atoms with Gasteiger partial charge in [-0.3, -0.25) is 14.6 Å². The number of benzene rings is 2. The monoisotopic (exact) mass is 560 g/mol. The maximum Gasteiger partial charge on any atom is 0.481 e. The van der Waals surface area contributed by atoms with Crippen LogP contribution in [0, 0.1) is 5.92 Å². The Bertz CT molecular complexity index is 1260. The van der Waals surface area contributed by atoms with E-state index in [2.05, 4.69) is 20.6 Å². The molecule has 3 rings (SSSR count). The van der Waals surface area contributed by atoms with Crippen LogP contribution in [0.4, 0.5) is 0 Å². The van der Waals surface area contributed by atoms with Gasteiger partial charge in [0.25, 0.3) is 5.91 Å². The molecule has 0 bridgehead atoms. The number of aromatic nitrogens is 2. The highest BCUT2D eigenvalue weighted by atomic mass is 16.6. The number of hydrogen-bond donors (Lipinski definition) is 3. The summed E-state index contributed by atoms with van der Waals surface area (Å²) < 4.78 is 12.3. The van der Waals surface area contributed by atoms with Gasteiger partial charge < -0.3 is 25.0 Å². The molecule has 10 nitrogen and oxygen atoms in total. The number of hydrogen-bond acceptors (Lipinski definition) is 7. The smallest absolute Gasteiger partial charge is 0.478 e. The zero-order chi connectivity index (χ0) is 29.8. The molecule has 41 heavy (non-hydrogen) atoms. The van der Waals surface area contributed by atoms with Crippen LogP contribution in [0.3, 0.4) is 0 Å². The second-order valence-electron chi connectivity index (χ2n) is 10.1. The van der Waals surface area contributed by atoms with Gasteiger partial charge in [0.15, 0.2) is 0 Å². The Balaban J connectivity index is 1.82. The van der Waals surface area contributed by atoms with Crippen LogP contribution in [0.25, 0.3) is 0 Å². The van der Waals surface area contributed by atoms with E-state index in [0.717, 1.165) is 11.1 Å². The minimum atomic E-state index is -1.01. The molecule has 3 atom stereocenters. The third kappa shape index (κ3) is 9.80. The third-order valence-electron chi connectivity index (χ3n) is 6.38. The summed E-state index contributed by atoms with van der Waals surface area (Å²) in [6, 6.07) is 15.0. The molecular weight excluding hydrogens is 523 g/mol. The van der Waals surface area contributed by atoms with Crippen molar-refractivity contribution in [3.05, 3.63) is 95.6 Å². The SMILES string of the molecule is CCOB(OC(C)c1ccc(C(=O)O)cc1)C(CC(C)C)NC(=O)C(Cc1ccccc1)NC(=O)c1cnccn1. The molecule has 3 aromatic rings. The number of carboxylic acid groups (broad SMARTS) is 1. The molecular formula is C30H37BN4O6. The second kappa shape index (κ2) is 15.6. The molecule has 3 N–H and O–H groups in total. The van der Waals surface area contributed by atoms with Crippen molar-refractivity contribution in [2.45, 2.75) is 58.6 Å². The molecule has 0 aliphatic heterocycles. The largest absolute Gasteiger partial charge is 0.481 e. The standard InChI is InChI=1S/C30H37BN4O6/c1-5-40-31(41-21(4)23-11-13-24(14-12-23)30(38)39)27(17-20(2)3)35-28(36)25(18-22-9-7-6-8-10-22)34-29(37)26-19-32-15-16-33-26/h6-16,19-21,25,27H,5,17-18H2,1-4H3,(H,34,37)(H,35,36)(H,38,39). The molecule has 1 aromatic heterocycles. The van der Waals surface area contributed by atoms with Gasteiger partial charge in [-0.25, -0.2) is 9.78 Å². The van der Waals surface area contributed by atoms with Crippen LogP contribution in [-0.2, 0) is 20.5 Å². The fourth-order valence-corrected chi connectivity index (χ4v) is 4.33. The van der Waals surface area contributed by atoms with E-state index in [1.807, 2.05) is 58.0 Å². The van der Waals surface area contributed by atoms with Gasteiger partial charge in [-0.2, -0.15) is 0 Å². The summed E-state index contributed by atoms with van der Waals surface area (Å²) in [6.07, 6.45) is 4.60. The zero-order valence-electron chi connectivity index (χ0n) is 23.8. The lowest BCUT2D eigenvalue weighted by molar-refractivity contribution is -0.123. The van der Waals surface area contributed by atoms with E-state index in [1.54, 1.807) is 12.1 Å². The predicted octanol–water partition coefficient (Wildman–Crippen LogP) is 3.89. The molecule has 0 aliphatic carbocycles. The fourth-order valence-electron chi connectivity index (χ4n) is 4.33. The third-order valence-corrected chi connectivity index (χ3v) is 6.38. The zero-order valence-corrected chi connectivity index (χ0v) is 23.8. The summed E-state index contributed by atoms with van der Waals surface area (Å²) in [6.45, 7) is 8.10. The molecule has 0 radical (unpaired) electrons. The summed E-state index contributed by atoms with van der Waals surface area (Å²) in [7, 11) is -0.798. The summed E-state index contributed by atoms with van der Waals surface area (Å²) in [5.74, 6) is -2.24. The first-order valence-electron chi connectivity index (χ1n) is 13.7. The summed E-state index contributed by atoms with van der Waals surface area (Å²) in [5, 5.41) is 15.1. The number of carbonyl (C=O) groups is 3. The molecule has 2 aromatic carbocycles. The van der Waals surface area contributed by atoms with Gasteiger partial charge >= 0.3 is 13.1 Å². The first kappa shape index (κ1) is 31.4. The lowest BCUT2D eigenvalue weighted by Gasteiger charge is -2.30. The van der Waals surface area contributed by atoms with E-state index in [0.29, 0.717) is 13.0 Å². The van der Waals surface area contributed by atoms with E-state index >= 15 is 0 Å². The Kier molecular flexibility index (Phi) is 12.0. The minimum absolute atomic E-state index is 0.107. The molecule has 0 saturated carbocycles. The average Bonchev–Trinajstić information content (AvgIpc) is 2.97. The molecule has 0 aliphatic rings. The Morgan fingerprint density at radius 3 is 2.27 bits per heavy atom. The van der Waals surface area contributed by atoms with Crippen LogP contribution in [0.15, 0.2) is 73.2 Å². The number of carboxylic acids is 1. The van der Waals surface area contributed by atoms with Crippen LogP contribution in [0.5, 0.6) is 0 Å². The van der Waals surface area contributed by atoms with E-state index < -0.39 is 37.1 Å². The fraction of sp³-hybridized carbons (Fsp3) is 0.367. The number of nitrogens with zero attached hydrogens (tertiary/aromatic N) is 2. The maximum atomic E-state index is 13.7. The van der Waals surface area contributed by atoms with Crippen molar-refractivity contribution in [2.75, 3.05) is 6.61 Å². The van der Waals surface area contributed by atoms with Crippen molar-refractivity contribution in [1.82, 2.24) is 20.6 Å². The first-order valence-corrected chi connectivity index (χ1v) is 13.7. The van der Waals surface area contributed by atoms with Gasteiger partial charge in [0.2, 0.25) is 5.91 Å². The number of aromatic carboxylic acids is 1. The van der Waals surface area contributed by atoms with Crippen molar-refractivity contribution in [1.29, 1.82) is 0 Å². The van der Waals surface area contributed by atoms with Crippen molar-refractivity contribution in [3.8, 4) is 0 Å². The van der Waals surface area contributed by atoms with Gasteiger partial charge in [-0.05, 0) is 49.4 Å². The molecule has 0 saturated heterocycles. The molecule has 0 fully saturated rings. The molecule has 3 unspecified atom stereocenters. The number of carbonyl (C=O) groups excluding carboxylic acids is 2. The second-order valence-corrected chi connectivity index (χ2v) is 10.1. The van der Waals surface area contributed by atoms with Crippen molar-refractivity contribution >= 4 is 24.9 Å². The highest BCUT2D eigenvalue weighted by Crippen LogP contribution is 2.22. The van der Waals surface area contributed by atoms with E-state index in [4.69, 9.17) is 9.31 Å². The van der Waals surface area contributed by atoms with Crippen LogP contribution >= 0.6 is 0 Å². The highest BCUT2D eigenvalue weighted by Gasteiger charge is 2.36. The van der Waals surface area contributed by atoms with Crippen molar-refractivity contribution in [3.63, 3.8) is 0 Å². The summed E-state index contributed by atoms with van der Waals surface area (Å²) >= 11 is 0.